The van der Waals surface area contributed by atoms with Gasteiger partial charge in [-0.1, -0.05) is 58.2 Å². The van der Waals surface area contributed by atoms with E-state index in [4.69, 9.17) is 28.0 Å². The first-order chi connectivity index (χ1) is 9.68. The minimum absolute atomic E-state index is 0. The predicted octanol–water partition coefficient (Wildman–Crippen LogP) is 6.22. The predicted molar refractivity (Wildman–Crippen MR) is 98.1 cm³/mol. The number of fused-ring (bicyclic) bond motifs is 1. The summed E-state index contributed by atoms with van der Waals surface area (Å²) in [6, 6.07) is 0. The maximum atomic E-state index is 6.43. The second-order valence-corrected chi connectivity index (χ2v) is 13.0. The molecule has 22 heavy (non-hydrogen) atoms. The van der Waals surface area contributed by atoms with Gasteiger partial charge in [-0.15, -0.1) is 5.54 Å². The Morgan fingerprint density at radius 2 is 1.68 bits per heavy atom. The number of nitrogens with zero attached hydrogens (tertiary/aromatic N) is 1. The molecule has 0 aromatic carbocycles. The number of hydrogen-bond donors (Lipinski definition) is 0. The van der Waals surface area contributed by atoms with Gasteiger partial charge in [0.2, 0.25) is 0 Å². The second-order valence-electron chi connectivity index (χ2n) is 7.05. The molecule has 0 amide bonds. The zero-order valence-corrected chi connectivity index (χ0v) is 18.6. The SMILES string of the molecule is CC(C)(C)[N-][Si](C)(C)OC1CCC2C=CC=CC21.[CH3-].[Cl][Ti][Cl]. The van der Waals surface area contributed by atoms with E-state index in [1.165, 1.54) is 12.8 Å². The van der Waals surface area contributed by atoms with Crippen LogP contribution >= 0.6 is 18.6 Å². The number of rotatable bonds is 3. The standard InChI is InChI=1S/C15H26NOSi.CH3.2ClH.Ti/c1-15(2,3)16-18(4,5)17-14-11-10-12-8-6-7-9-13(12)14;;;;/h6-9,12-14H,10-11H2,1-5H3;1H3;2*1H;/q2*-1;;;+2/p-2. The van der Waals surface area contributed by atoms with E-state index in [0.29, 0.717) is 17.9 Å². The molecule has 0 aliphatic heterocycles. The quantitative estimate of drug-likeness (QED) is 0.409. The molecule has 2 rings (SSSR count). The van der Waals surface area contributed by atoms with E-state index >= 15 is 0 Å². The van der Waals surface area contributed by atoms with E-state index in [9.17, 15) is 0 Å². The van der Waals surface area contributed by atoms with Crippen LogP contribution in [-0.4, -0.2) is 20.1 Å². The molecule has 0 aromatic rings. The van der Waals surface area contributed by atoms with E-state index in [2.05, 4.69) is 58.2 Å². The van der Waals surface area contributed by atoms with Crippen molar-refractivity contribution in [2.45, 2.75) is 58.3 Å². The van der Waals surface area contributed by atoms with Gasteiger partial charge in [-0.2, -0.15) is 0 Å². The molecular weight excluding hydrogens is 369 g/mol. The van der Waals surface area contributed by atoms with Crippen LogP contribution in [0, 0.1) is 19.3 Å². The molecule has 0 N–H and O–H groups in total. The molecule has 2 aliphatic rings. The van der Waals surface area contributed by atoms with Crippen molar-refractivity contribution in [1.29, 1.82) is 0 Å². The van der Waals surface area contributed by atoms with Crippen molar-refractivity contribution < 1.29 is 21.5 Å². The van der Waals surface area contributed by atoms with Crippen LogP contribution in [0.1, 0.15) is 33.6 Å². The van der Waals surface area contributed by atoms with Gasteiger partial charge < -0.3 is 16.8 Å². The average molecular weight is 398 g/mol. The van der Waals surface area contributed by atoms with Gasteiger partial charge in [0.15, 0.2) is 0 Å². The Balaban J connectivity index is 0.00000102. The molecule has 3 unspecified atom stereocenters. The third-order valence-corrected chi connectivity index (χ3v) is 5.64. The second kappa shape index (κ2) is 10.0. The van der Waals surface area contributed by atoms with Crippen molar-refractivity contribution in [2.24, 2.45) is 11.8 Å². The van der Waals surface area contributed by atoms with Gasteiger partial charge in [-0.05, 0) is 18.8 Å². The van der Waals surface area contributed by atoms with Crippen molar-refractivity contribution >= 4 is 27.1 Å². The van der Waals surface area contributed by atoms with Crippen LogP contribution in [0.4, 0.5) is 0 Å². The van der Waals surface area contributed by atoms with Crippen LogP contribution in [0.15, 0.2) is 24.3 Å². The van der Waals surface area contributed by atoms with Crippen LogP contribution in [-0.2, 0) is 21.5 Å². The Hall–Kier alpha value is 0.911. The van der Waals surface area contributed by atoms with Crippen molar-refractivity contribution in [3.8, 4) is 0 Å². The molecule has 0 aromatic heterocycles. The van der Waals surface area contributed by atoms with E-state index in [1.54, 1.807) is 0 Å². The Bertz CT molecular complexity index is 383. The summed E-state index contributed by atoms with van der Waals surface area (Å²) < 4.78 is 6.43. The van der Waals surface area contributed by atoms with Gasteiger partial charge in [0, 0.05) is 12.0 Å². The van der Waals surface area contributed by atoms with Crippen LogP contribution in [0.5, 0.6) is 0 Å². The first-order valence-electron chi connectivity index (χ1n) is 7.41. The normalized spacial score (nSPS) is 26.6. The van der Waals surface area contributed by atoms with Crippen LogP contribution in [0.2, 0.25) is 13.1 Å². The van der Waals surface area contributed by atoms with Gasteiger partial charge in [0.25, 0.3) is 0 Å². The summed E-state index contributed by atoms with van der Waals surface area (Å²) in [6.07, 6.45) is 11.8. The summed E-state index contributed by atoms with van der Waals surface area (Å²) in [6.45, 7) is 10.9. The fraction of sp³-hybridized carbons (Fsp3) is 0.688. The zero-order valence-electron chi connectivity index (χ0n) is 14.6. The molecule has 0 bridgehead atoms. The molecule has 6 heteroatoms. The first kappa shape index (κ1) is 22.9. The minimum atomic E-state index is -1.91. The number of halogens is 2. The molecule has 2 aliphatic carbocycles. The van der Waals surface area contributed by atoms with Crippen LogP contribution in [0.25, 0.3) is 4.98 Å². The Labute approximate surface area is 154 Å². The van der Waals surface area contributed by atoms with E-state index < -0.39 is 25.5 Å². The number of hydrogen-bond acceptors (Lipinski definition) is 1. The summed E-state index contributed by atoms with van der Waals surface area (Å²) >= 11 is -0.556. The molecule has 0 radical (unpaired) electrons. The average Bonchev–Trinajstić information content (AvgIpc) is 2.70. The van der Waals surface area contributed by atoms with E-state index in [1.807, 2.05) is 0 Å². The Morgan fingerprint density at radius 1 is 1.14 bits per heavy atom. The van der Waals surface area contributed by atoms with Crippen molar-refractivity contribution in [3.05, 3.63) is 36.7 Å². The zero-order chi connectivity index (χ0) is 16.1. The topological polar surface area (TPSA) is 23.3 Å². The molecule has 1 fully saturated rings. The van der Waals surface area contributed by atoms with Crippen molar-refractivity contribution in [1.82, 2.24) is 0 Å². The summed E-state index contributed by atoms with van der Waals surface area (Å²) in [5.74, 6) is 1.27. The number of allylic oxidation sites excluding steroid dienone is 3. The molecule has 128 valence electrons. The molecule has 1 saturated carbocycles. The van der Waals surface area contributed by atoms with Crippen LogP contribution in [0.3, 0.4) is 0 Å². The molecule has 2 nitrogen and oxygen atoms in total. The monoisotopic (exact) mass is 397 g/mol. The molecule has 3 atom stereocenters. The summed E-state index contributed by atoms with van der Waals surface area (Å²) in [5, 5.41) is 0. The fourth-order valence-electron chi connectivity index (χ4n) is 3.25. The van der Waals surface area contributed by atoms with Crippen molar-refractivity contribution in [2.75, 3.05) is 0 Å². The molecule has 0 saturated heterocycles. The van der Waals surface area contributed by atoms with Gasteiger partial charge in [-0.3, -0.25) is 0 Å². The van der Waals surface area contributed by atoms with Gasteiger partial charge >= 0.3 is 35.6 Å². The van der Waals surface area contributed by atoms with Gasteiger partial charge in [-0.25, -0.2) is 0 Å². The van der Waals surface area contributed by atoms with E-state index in [0.717, 1.165) is 0 Å². The summed E-state index contributed by atoms with van der Waals surface area (Å²) in [7, 11) is 7.86. The third-order valence-electron chi connectivity index (χ3n) is 3.56. The van der Waals surface area contributed by atoms with Crippen LogP contribution < -0.4 is 0 Å². The first-order valence-corrected chi connectivity index (χ1v) is 14.6. The fourth-order valence-corrected chi connectivity index (χ4v) is 5.93. The summed E-state index contributed by atoms with van der Waals surface area (Å²) in [5.41, 5.74) is 0.00996. The third kappa shape index (κ3) is 8.14. The Kier molecular flexibility index (Phi) is 10.4. The molecular formula is C16H29Cl2NOSiTi-2. The van der Waals surface area contributed by atoms with Crippen molar-refractivity contribution in [3.63, 3.8) is 0 Å². The van der Waals surface area contributed by atoms with Gasteiger partial charge in [0.1, 0.15) is 0 Å². The molecule has 0 heterocycles. The maximum absolute atomic E-state index is 6.43. The summed E-state index contributed by atoms with van der Waals surface area (Å²) in [4.78, 5) is 4.92. The Morgan fingerprint density at radius 3 is 2.23 bits per heavy atom. The van der Waals surface area contributed by atoms with Gasteiger partial charge in [0.05, 0.1) is 8.48 Å². The van der Waals surface area contributed by atoms with E-state index in [-0.39, 0.29) is 13.0 Å². The molecule has 0 spiro atoms.